The van der Waals surface area contributed by atoms with Crippen LogP contribution in [0, 0.1) is 12.7 Å². The molecule has 2 aromatic carbocycles. The van der Waals surface area contributed by atoms with Crippen molar-refractivity contribution in [3.05, 3.63) is 47.8 Å². The molecule has 7 nitrogen and oxygen atoms in total. The second-order valence-corrected chi connectivity index (χ2v) is 10.8. The van der Waals surface area contributed by atoms with Gasteiger partial charge in [0.2, 0.25) is 11.8 Å². The maximum absolute atomic E-state index is 13.3. The van der Waals surface area contributed by atoms with Gasteiger partial charge in [0.1, 0.15) is 5.82 Å². The minimum absolute atomic E-state index is 0.0434. The lowest BCUT2D eigenvalue weighted by atomic mass is 10.2. The average Bonchev–Trinajstić information content (AvgIpc) is 3.04. The summed E-state index contributed by atoms with van der Waals surface area (Å²) in [6, 6.07) is 8.16. The van der Waals surface area contributed by atoms with Crippen LogP contribution in [0.25, 0.3) is 0 Å². The summed E-state index contributed by atoms with van der Waals surface area (Å²) in [5.41, 5.74) is 1.06. The van der Waals surface area contributed by atoms with E-state index < -0.39 is 27.0 Å². The van der Waals surface area contributed by atoms with Gasteiger partial charge in [-0.15, -0.1) is 11.8 Å². The fourth-order valence-corrected chi connectivity index (χ4v) is 6.03. The molecular weight excluding hydrogens is 453 g/mol. The van der Waals surface area contributed by atoms with Crippen molar-refractivity contribution < 1.29 is 22.4 Å². The van der Waals surface area contributed by atoms with E-state index in [2.05, 4.69) is 10.0 Å². The Morgan fingerprint density at radius 2 is 1.84 bits per heavy atom. The van der Waals surface area contributed by atoms with E-state index in [0.29, 0.717) is 29.2 Å². The summed E-state index contributed by atoms with van der Waals surface area (Å²) in [4.78, 5) is 27.9. The van der Waals surface area contributed by atoms with Crippen molar-refractivity contribution >= 4 is 45.0 Å². The molecule has 1 saturated heterocycles. The highest BCUT2D eigenvalue weighted by atomic mass is 32.2. The maximum atomic E-state index is 13.3. The third-order valence-electron chi connectivity index (χ3n) is 5.58. The number of rotatable bonds is 4. The first-order valence-corrected chi connectivity index (χ1v) is 12.8. The molecule has 1 fully saturated rings. The molecule has 2 aromatic rings. The minimum atomic E-state index is -3.96. The van der Waals surface area contributed by atoms with Gasteiger partial charge in [-0.25, -0.2) is 12.8 Å². The molecule has 2 N–H and O–H groups in total. The summed E-state index contributed by atoms with van der Waals surface area (Å²) >= 11 is 1.14. The zero-order chi connectivity index (χ0) is 22.9. The molecule has 1 atom stereocenters. The van der Waals surface area contributed by atoms with Crippen LogP contribution in [0.5, 0.6) is 0 Å². The molecule has 0 aliphatic carbocycles. The smallest absolute Gasteiger partial charge is 0.261 e. The number of thioether (sulfide) groups is 1. The standard InChI is InChI=1S/C22H24FN3O4S2/c1-14-12-15(23)6-8-17(14)25-32(29,30)16-7-9-19-18(13-16)24-21(27)20(31-19)22(28)26-10-4-2-3-5-11-26/h6-9,12-13,20,25H,2-5,10-11H2,1H3,(H,24,27). The van der Waals surface area contributed by atoms with Crippen molar-refractivity contribution in [2.45, 2.75) is 47.6 Å². The number of carbonyl (C=O) groups is 2. The van der Waals surface area contributed by atoms with Gasteiger partial charge in [-0.3, -0.25) is 14.3 Å². The quantitative estimate of drug-likeness (QED) is 0.654. The molecule has 32 heavy (non-hydrogen) atoms. The van der Waals surface area contributed by atoms with E-state index >= 15 is 0 Å². The van der Waals surface area contributed by atoms with Gasteiger partial charge < -0.3 is 10.2 Å². The number of hydrogen-bond donors (Lipinski definition) is 2. The number of fused-ring (bicyclic) bond motifs is 1. The predicted molar refractivity (Wildman–Crippen MR) is 122 cm³/mol. The third kappa shape index (κ3) is 4.75. The Kier molecular flexibility index (Phi) is 6.43. The van der Waals surface area contributed by atoms with E-state index in [4.69, 9.17) is 0 Å². The molecule has 2 aliphatic heterocycles. The zero-order valence-corrected chi connectivity index (χ0v) is 19.2. The van der Waals surface area contributed by atoms with Crippen LogP contribution in [0.15, 0.2) is 46.2 Å². The number of nitrogens with one attached hydrogen (secondary N) is 2. The Hall–Kier alpha value is -2.59. The number of likely N-dealkylation sites (tertiary alicyclic amines) is 1. The van der Waals surface area contributed by atoms with Crippen LogP contribution >= 0.6 is 11.8 Å². The van der Waals surface area contributed by atoms with Crippen LogP contribution in [-0.4, -0.2) is 43.5 Å². The molecule has 2 heterocycles. The normalized spacial score (nSPS) is 19.0. The van der Waals surface area contributed by atoms with Crippen LogP contribution in [0.2, 0.25) is 0 Å². The Bertz CT molecular complexity index is 1160. The number of sulfonamides is 1. The number of benzene rings is 2. The summed E-state index contributed by atoms with van der Waals surface area (Å²) in [6.45, 7) is 2.91. The number of amides is 2. The van der Waals surface area contributed by atoms with E-state index in [1.54, 1.807) is 17.9 Å². The summed E-state index contributed by atoms with van der Waals surface area (Å²) < 4.78 is 41.4. The molecule has 0 saturated carbocycles. The number of aryl methyl sites for hydroxylation is 1. The molecular formula is C22H24FN3O4S2. The summed E-state index contributed by atoms with van der Waals surface area (Å²) in [5, 5.41) is 1.81. The molecule has 0 radical (unpaired) electrons. The van der Waals surface area contributed by atoms with Crippen molar-refractivity contribution in [2.24, 2.45) is 0 Å². The first-order chi connectivity index (χ1) is 15.2. The van der Waals surface area contributed by atoms with E-state index in [0.717, 1.165) is 37.4 Å². The highest BCUT2D eigenvalue weighted by Gasteiger charge is 2.36. The largest absolute Gasteiger partial charge is 0.341 e. The van der Waals surface area contributed by atoms with E-state index in [-0.39, 0.29) is 16.5 Å². The van der Waals surface area contributed by atoms with Gasteiger partial charge in [-0.1, -0.05) is 12.8 Å². The van der Waals surface area contributed by atoms with Gasteiger partial charge in [-0.05, 0) is 61.7 Å². The van der Waals surface area contributed by atoms with Crippen LogP contribution in [-0.2, 0) is 19.6 Å². The second-order valence-electron chi connectivity index (χ2n) is 7.95. The number of nitrogens with zero attached hydrogens (tertiary/aromatic N) is 1. The lowest BCUT2D eigenvalue weighted by molar-refractivity contribution is -0.133. The number of hydrogen-bond acceptors (Lipinski definition) is 5. The fraction of sp³-hybridized carbons (Fsp3) is 0.364. The highest BCUT2D eigenvalue weighted by Crippen LogP contribution is 2.38. The predicted octanol–water partition coefficient (Wildman–Crippen LogP) is 3.75. The Labute approximate surface area is 190 Å². The first kappa shape index (κ1) is 22.6. The SMILES string of the molecule is Cc1cc(F)ccc1NS(=O)(=O)c1ccc2c(c1)NC(=O)C(C(=O)N1CCCCCC1)S2. The molecule has 0 aromatic heterocycles. The second kappa shape index (κ2) is 9.11. The molecule has 1 unspecified atom stereocenters. The van der Waals surface area contributed by atoms with Gasteiger partial charge in [0.15, 0.2) is 5.25 Å². The molecule has 2 aliphatic rings. The van der Waals surface area contributed by atoms with Crippen LogP contribution in [0.4, 0.5) is 15.8 Å². The monoisotopic (exact) mass is 477 g/mol. The third-order valence-corrected chi connectivity index (χ3v) is 8.20. The van der Waals surface area contributed by atoms with Gasteiger partial charge in [0, 0.05) is 18.0 Å². The Morgan fingerprint density at radius 3 is 2.53 bits per heavy atom. The zero-order valence-electron chi connectivity index (χ0n) is 17.6. The molecule has 4 rings (SSSR count). The summed E-state index contributed by atoms with van der Waals surface area (Å²) in [7, 11) is -3.96. The lowest BCUT2D eigenvalue weighted by Gasteiger charge is -2.28. The number of anilines is 2. The van der Waals surface area contributed by atoms with E-state index in [1.165, 1.54) is 30.3 Å². The molecule has 170 valence electrons. The number of halogens is 1. The maximum Gasteiger partial charge on any atom is 0.261 e. The summed E-state index contributed by atoms with van der Waals surface area (Å²) in [5.74, 6) is -1.11. The first-order valence-electron chi connectivity index (χ1n) is 10.4. The Morgan fingerprint density at radius 1 is 1.12 bits per heavy atom. The van der Waals surface area contributed by atoms with Gasteiger partial charge in [0.25, 0.3) is 10.0 Å². The summed E-state index contributed by atoms with van der Waals surface area (Å²) in [6.07, 6.45) is 4.03. The molecule has 0 spiro atoms. The van der Waals surface area contributed by atoms with E-state index in [1.807, 2.05) is 0 Å². The molecule has 0 bridgehead atoms. The minimum Gasteiger partial charge on any atom is -0.341 e. The fourth-order valence-electron chi connectivity index (χ4n) is 3.82. The van der Waals surface area contributed by atoms with Crippen molar-refractivity contribution in [2.75, 3.05) is 23.1 Å². The van der Waals surface area contributed by atoms with E-state index in [9.17, 15) is 22.4 Å². The molecule has 10 heteroatoms. The van der Waals surface area contributed by atoms with Crippen molar-refractivity contribution in [3.63, 3.8) is 0 Å². The Balaban J connectivity index is 1.53. The highest BCUT2D eigenvalue weighted by molar-refractivity contribution is 8.01. The topological polar surface area (TPSA) is 95.6 Å². The number of carbonyl (C=O) groups excluding carboxylic acids is 2. The van der Waals surface area contributed by atoms with Crippen molar-refractivity contribution in [1.82, 2.24) is 4.90 Å². The van der Waals surface area contributed by atoms with Gasteiger partial charge in [-0.2, -0.15) is 0 Å². The molecule has 2 amide bonds. The van der Waals surface area contributed by atoms with Crippen LogP contribution in [0.3, 0.4) is 0 Å². The lowest BCUT2D eigenvalue weighted by Crippen LogP contribution is -2.45. The van der Waals surface area contributed by atoms with Gasteiger partial charge in [0.05, 0.1) is 16.3 Å². The average molecular weight is 478 g/mol. The van der Waals surface area contributed by atoms with Crippen LogP contribution < -0.4 is 10.0 Å². The van der Waals surface area contributed by atoms with Crippen LogP contribution in [0.1, 0.15) is 31.2 Å². The van der Waals surface area contributed by atoms with Crippen molar-refractivity contribution in [1.29, 1.82) is 0 Å². The van der Waals surface area contributed by atoms with Crippen molar-refractivity contribution in [3.8, 4) is 0 Å². The van der Waals surface area contributed by atoms with Gasteiger partial charge >= 0.3 is 0 Å².